The number of esters is 1. The van der Waals surface area contributed by atoms with E-state index < -0.39 is 9.84 Å². The van der Waals surface area contributed by atoms with E-state index in [1.165, 1.54) is 6.26 Å². The van der Waals surface area contributed by atoms with Crippen LogP contribution in [0.4, 0.5) is 5.69 Å². The molecule has 1 unspecified atom stereocenters. The topological polar surface area (TPSA) is 72.5 Å². The summed E-state index contributed by atoms with van der Waals surface area (Å²) in [6, 6.07) is 6.60. The van der Waals surface area contributed by atoms with Crippen LogP contribution in [0.25, 0.3) is 0 Å². The first-order valence-corrected chi connectivity index (χ1v) is 8.59. The Hall–Kier alpha value is -1.56. The highest BCUT2D eigenvalue weighted by atomic mass is 32.2. The SMILES string of the molecule is CCCOC(=O)c1ccc(NC(C)CS(C)(=O)=O)cc1. The molecule has 0 bridgehead atoms. The van der Waals surface area contributed by atoms with Crippen LogP contribution in [0.3, 0.4) is 0 Å². The van der Waals surface area contributed by atoms with Gasteiger partial charge in [-0.25, -0.2) is 13.2 Å². The summed E-state index contributed by atoms with van der Waals surface area (Å²) in [4.78, 5) is 11.6. The van der Waals surface area contributed by atoms with Crippen LogP contribution in [-0.2, 0) is 14.6 Å². The summed E-state index contributed by atoms with van der Waals surface area (Å²) < 4.78 is 27.4. The van der Waals surface area contributed by atoms with E-state index in [0.29, 0.717) is 12.2 Å². The lowest BCUT2D eigenvalue weighted by Gasteiger charge is -2.14. The van der Waals surface area contributed by atoms with Crippen molar-refractivity contribution in [3.05, 3.63) is 29.8 Å². The van der Waals surface area contributed by atoms with Gasteiger partial charge in [-0.2, -0.15) is 0 Å². The minimum absolute atomic E-state index is 0.0628. The molecule has 0 amide bonds. The summed E-state index contributed by atoms with van der Waals surface area (Å²) in [6.45, 7) is 4.14. The number of carbonyl (C=O) groups is 1. The third-order valence-electron chi connectivity index (χ3n) is 2.52. The summed E-state index contributed by atoms with van der Waals surface area (Å²) in [5.74, 6) is -0.282. The third-order valence-corrected chi connectivity index (χ3v) is 3.63. The number of benzene rings is 1. The zero-order valence-corrected chi connectivity index (χ0v) is 12.9. The van der Waals surface area contributed by atoms with E-state index in [1.54, 1.807) is 31.2 Å². The number of sulfone groups is 1. The highest BCUT2D eigenvalue weighted by Gasteiger charge is 2.11. The number of hydrogen-bond donors (Lipinski definition) is 1. The molecule has 1 atom stereocenters. The fourth-order valence-electron chi connectivity index (χ4n) is 1.76. The van der Waals surface area contributed by atoms with Gasteiger partial charge in [-0.05, 0) is 37.6 Å². The molecular formula is C14H21NO4S. The molecule has 0 aromatic heterocycles. The van der Waals surface area contributed by atoms with Gasteiger partial charge < -0.3 is 10.1 Å². The van der Waals surface area contributed by atoms with Crippen molar-refractivity contribution in [3.8, 4) is 0 Å². The maximum atomic E-state index is 11.6. The molecule has 1 aromatic carbocycles. The van der Waals surface area contributed by atoms with Crippen molar-refractivity contribution in [3.63, 3.8) is 0 Å². The van der Waals surface area contributed by atoms with Crippen LogP contribution < -0.4 is 5.32 Å². The molecule has 0 aliphatic rings. The minimum Gasteiger partial charge on any atom is -0.462 e. The highest BCUT2D eigenvalue weighted by molar-refractivity contribution is 7.90. The van der Waals surface area contributed by atoms with E-state index >= 15 is 0 Å². The third kappa shape index (κ3) is 6.06. The second kappa shape index (κ2) is 7.28. The first kappa shape index (κ1) is 16.5. The molecule has 1 N–H and O–H groups in total. The fraction of sp³-hybridized carbons (Fsp3) is 0.500. The van der Waals surface area contributed by atoms with E-state index in [9.17, 15) is 13.2 Å². The van der Waals surface area contributed by atoms with Gasteiger partial charge in [0.15, 0.2) is 0 Å². The molecule has 0 heterocycles. The van der Waals surface area contributed by atoms with Crippen molar-refractivity contribution in [2.45, 2.75) is 26.3 Å². The van der Waals surface area contributed by atoms with Gasteiger partial charge in [0, 0.05) is 18.0 Å². The maximum absolute atomic E-state index is 11.6. The summed E-state index contributed by atoms with van der Waals surface area (Å²) in [5, 5.41) is 3.08. The monoisotopic (exact) mass is 299 g/mol. The van der Waals surface area contributed by atoms with Gasteiger partial charge in [0.2, 0.25) is 0 Å². The standard InChI is InChI=1S/C14H21NO4S/c1-4-9-19-14(16)12-5-7-13(8-6-12)15-11(2)10-20(3,17)18/h5-8,11,15H,4,9-10H2,1-3H3. The maximum Gasteiger partial charge on any atom is 0.338 e. The number of hydrogen-bond acceptors (Lipinski definition) is 5. The van der Waals surface area contributed by atoms with Gasteiger partial charge >= 0.3 is 5.97 Å². The smallest absolute Gasteiger partial charge is 0.338 e. The molecule has 0 saturated heterocycles. The van der Waals surface area contributed by atoms with Crippen molar-refractivity contribution in [2.24, 2.45) is 0 Å². The Morgan fingerprint density at radius 2 is 1.90 bits per heavy atom. The van der Waals surface area contributed by atoms with Crippen LogP contribution in [0.15, 0.2) is 24.3 Å². The van der Waals surface area contributed by atoms with Crippen molar-refractivity contribution in [2.75, 3.05) is 23.9 Å². The van der Waals surface area contributed by atoms with Gasteiger partial charge in [-0.3, -0.25) is 0 Å². The highest BCUT2D eigenvalue weighted by Crippen LogP contribution is 2.12. The van der Waals surface area contributed by atoms with Crippen LogP contribution in [0.1, 0.15) is 30.6 Å². The molecule has 0 aliphatic heterocycles. The lowest BCUT2D eigenvalue weighted by molar-refractivity contribution is 0.0505. The Morgan fingerprint density at radius 3 is 2.40 bits per heavy atom. The lowest BCUT2D eigenvalue weighted by Crippen LogP contribution is -2.24. The molecule has 6 heteroatoms. The molecule has 0 saturated carbocycles. The molecule has 112 valence electrons. The van der Waals surface area contributed by atoms with Crippen molar-refractivity contribution in [1.29, 1.82) is 0 Å². The average Bonchev–Trinajstić information content (AvgIpc) is 2.34. The Bertz CT molecular complexity index is 537. The molecule has 1 rings (SSSR count). The van der Waals surface area contributed by atoms with E-state index in [2.05, 4.69) is 5.32 Å². The van der Waals surface area contributed by atoms with Gasteiger partial charge in [-0.15, -0.1) is 0 Å². The quantitative estimate of drug-likeness (QED) is 0.781. The van der Waals surface area contributed by atoms with Crippen molar-refractivity contribution >= 4 is 21.5 Å². The summed E-state index contributed by atoms with van der Waals surface area (Å²) >= 11 is 0. The zero-order valence-electron chi connectivity index (χ0n) is 12.0. The normalized spacial score (nSPS) is 12.8. The fourth-order valence-corrected chi connectivity index (χ4v) is 2.75. The summed E-state index contributed by atoms with van der Waals surface area (Å²) in [7, 11) is -3.01. The molecular weight excluding hydrogens is 278 g/mol. The molecule has 1 aromatic rings. The summed E-state index contributed by atoms with van der Waals surface area (Å²) in [6.07, 6.45) is 1.99. The molecule has 0 radical (unpaired) electrons. The van der Waals surface area contributed by atoms with E-state index in [-0.39, 0.29) is 17.8 Å². The predicted octanol–water partition coefficient (Wildman–Crippen LogP) is 2.10. The van der Waals surface area contributed by atoms with Crippen LogP contribution >= 0.6 is 0 Å². The van der Waals surface area contributed by atoms with Gasteiger partial charge in [0.05, 0.1) is 17.9 Å². The van der Waals surface area contributed by atoms with Gasteiger partial charge in [0.25, 0.3) is 0 Å². The van der Waals surface area contributed by atoms with Gasteiger partial charge in [-0.1, -0.05) is 6.92 Å². The first-order chi connectivity index (χ1) is 9.31. The molecule has 0 fully saturated rings. The molecule has 5 nitrogen and oxygen atoms in total. The lowest BCUT2D eigenvalue weighted by atomic mass is 10.2. The Labute approximate surface area is 120 Å². The Morgan fingerprint density at radius 1 is 1.30 bits per heavy atom. The largest absolute Gasteiger partial charge is 0.462 e. The minimum atomic E-state index is -3.01. The van der Waals surface area contributed by atoms with Gasteiger partial charge in [0.1, 0.15) is 9.84 Å². The first-order valence-electron chi connectivity index (χ1n) is 6.53. The molecule has 0 aliphatic carbocycles. The van der Waals surface area contributed by atoms with E-state index in [0.717, 1.165) is 12.1 Å². The van der Waals surface area contributed by atoms with Crippen LogP contribution in [-0.4, -0.2) is 39.0 Å². The number of carbonyl (C=O) groups excluding carboxylic acids is 1. The van der Waals surface area contributed by atoms with Crippen molar-refractivity contribution < 1.29 is 17.9 Å². The number of rotatable bonds is 7. The average molecular weight is 299 g/mol. The molecule has 20 heavy (non-hydrogen) atoms. The van der Waals surface area contributed by atoms with Crippen LogP contribution in [0.2, 0.25) is 0 Å². The van der Waals surface area contributed by atoms with E-state index in [1.807, 2.05) is 6.92 Å². The Kier molecular flexibility index (Phi) is 6.01. The second-order valence-electron chi connectivity index (χ2n) is 4.85. The summed E-state index contributed by atoms with van der Waals surface area (Å²) in [5.41, 5.74) is 1.26. The number of nitrogens with one attached hydrogen (secondary N) is 1. The van der Waals surface area contributed by atoms with Crippen LogP contribution in [0.5, 0.6) is 0 Å². The molecule has 0 spiro atoms. The number of anilines is 1. The second-order valence-corrected chi connectivity index (χ2v) is 7.04. The number of ether oxygens (including phenoxy) is 1. The zero-order chi connectivity index (χ0) is 15.2. The van der Waals surface area contributed by atoms with Crippen LogP contribution in [0, 0.1) is 0 Å². The van der Waals surface area contributed by atoms with Crippen molar-refractivity contribution in [1.82, 2.24) is 0 Å². The Balaban J connectivity index is 2.60. The predicted molar refractivity (Wildman–Crippen MR) is 79.8 cm³/mol. The van der Waals surface area contributed by atoms with E-state index in [4.69, 9.17) is 4.74 Å².